The molecule has 0 aliphatic carbocycles. The van der Waals surface area contributed by atoms with Crippen LogP contribution in [-0.2, 0) is 14.3 Å². The number of esters is 1. The van der Waals surface area contributed by atoms with Crippen molar-refractivity contribution in [1.29, 1.82) is 0 Å². The molecule has 1 aromatic carbocycles. The predicted octanol–water partition coefficient (Wildman–Crippen LogP) is 1.77. The molecule has 3 N–H and O–H groups in total. The number of rotatable bonds is 5. The number of carbonyl (C=O) groups is 2. The van der Waals surface area contributed by atoms with Gasteiger partial charge in [0.05, 0.1) is 29.3 Å². The number of nitrogens with two attached hydrogens (primary N) is 1. The van der Waals surface area contributed by atoms with E-state index < -0.39 is 0 Å². The van der Waals surface area contributed by atoms with Gasteiger partial charge in [-0.15, -0.1) is 11.8 Å². The number of hydrogen-bond acceptors (Lipinski definition) is 5. The fourth-order valence-electron chi connectivity index (χ4n) is 1.10. The first-order chi connectivity index (χ1) is 8.52. The van der Waals surface area contributed by atoms with Crippen LogP contribution in [0.5, 0.6) is 0 Å². The van der Waals surface area contributed by atoms with Crippen molar-refractivity contribution in [3.8, 4) is 0 Å². The molecule has 98 valence electrons. The van der Waals surface area contributed by atoms with Crippen molar-refractivity contribution < 1.29 is 14.3 Å². The summed E-state index contributed by atoms with van der Waals surface area (Å²) in [5.41, 5.74) is 6.57. The molecule has 0 atom stereocenters. The molecule has 0 fully saturated rings. The van der Waals surface area contributed by atoms with Gasteiger partial charge in [-0.2, -0.15) is 0 Å². The molecule has 0 bridgehead atoms. The van der Waals surface area contributed by atoms with Gasteiger partial charge in [-0.05, 0) is 18.2 Å². The van der Waals surface area contributed by atoms with Crippen LogP contribution in [0.1, 0.15) is 0 Å². The monoisotopic (exact) mass is 288 g/mol. The maximum atomic E-state index is 11.5. The number of hydrogen-bond donors (Lipinski definition) is 2. The Morgan fingerprint density at radius 3 is 2.78 bits per heavy atom. The number of ether oxygens (including phenoxy) is 1. The van der Waals surface area contributed by atoms with Crippen molar-refractivity contribution in [2.75, 3.05) is 29.7 Å². The topological polar surface area (TPSA) is 81.4 Å². The van der Waals surface area contributed by atoms with Crippen molar-refractivity contribution in [2.45, 2.75) is 0 Å². The fourth-order valence-corrected chi connectivity index (χ4v) is 1.87. The van der Waals surface area contributed by atoms with Crippen LogP contribution in [0.2, 0.25) is 5.02 Å². The normalized spacial score (nSPS) is 9.89. The highest BCUT2D eigenvalue weighted by molar-refractivity contribution is 8.00. The number of nitrogen functional groups attached to an aromatic ring is 1. The highest BCUT2D eigenvalue weighted by Crippen LogP contribution is 2.22. The number of amides is 1. The molecule has 0 spiro atoms. The minimum absolute atomic E-state index is 0.146. The molecule has 0 unspecified atom stereocenters. The van der Waals surface area contributed by atoms with Gasteiger partial charge in [-0.3, -0.25) is 9.59 Å². The van der Waals surface area contributed by atoms with Crippen molar-refractivity contribution >= 4 is 46.6 Å². The smallest absolute Gasteiger partial charge is 0.315 e. The van der Waals surface area contributed by atoms with E-state index in [1.54, 1.807) is 18.2 Å². The van der Waals surface area contributed by atoms with Crippen LogP contribution < -0.4 is 11.1 Å². The molecule has 1 rings (SSSR count). The summed E-state index contributed by atoms with van der Waals surface area (Å²) >= 11 is 6.94. The third-order valence-electron chi connectivity index (χ3n) is 1.96. The molecular weight excluding hydrogens is 276 g/mol. The van der Waals surface area contributed by atoms with E-state index in [4.69, 9.17) is 17.3 Å². The van der Waals surface area contributed by atoms with E-state index in [0.29, 0.717) is 16.4 Å². The Morgan fingerprint density at radius 2 is 2.17 bits per heavy atom. The number of carbonyl (C=O) groups excluding carboxylic acids is 2. The number of methoxy groups -OCH3 is 1. The standard InChI is InChI=1S/C11H13ClN2O3S/c1-17-11(16)6-18-5-10(15)14-7-2-3-8(12)9(13)4-7/h2-4H,5-6,13H2,1H3,(H,14,15). The van der Waals surface area contributed by atoms with Crippen molar-refractivity contribution in [3.63, 3.8) is 0 Å². The first-order valence-corrected chi connectivity index (χ1v) is 6.55. The van der Waals surface area contributed by atoms with Crippen LogP contribution in [0.4, 0.5) is 11.4 Å². The lowest BCUT2D eigenvalue weighted by Crippen LogP contribution is -2.16. The van der Waals surface area contributed by atoms with E-state index in [1.807, 2.05) is 0 Å². The van der Waals surface area contributed by atoms with E-state index in [-0.39, 0.29) is 23.4 Å². The number of anilines is 2. The van der Waals surface area contributed by atoms with Crippen molar-refractivity contribution in [2.24, 2.45) is 0 Å². The fraction of sp³-hybridized carbons (Fsp3) is 0.273. The SMILES string of the molecule is COC(=O)CSCC(=O)Nc1ccc(Cl)c(N)c1. The maximum absolute atomic E-state index is 11.5. The first kappa shape index (κ1) is 14.7. The lowest BCUT2D eigenvalue weighted by Gasteiger charge is -2.06. The van der Waals surface area contributed by atoms with Crippen LogP contribution in [0.15, 0.2) is 18.2 Å². The number of thioether (sulfide) groups is 1. The average molecular weight is 289 g/mol. The van der Waals surface area contributed by atoms with E-state index in [1.165, 1.54) is 18.9 Å². The molecule has 5 nitrogen and oxygen atoms in total. The second kappa shape index (κ2) is 7.13. The molecule has 0 radical (unpaired) electrons. The molecule has 0 aromatic heterocycles. The van der Waals surface area contributed by atoms with Gasteiger partial charge in [-0.1, -0.05) is 11.6 Å². The number of halogens is 1. The Hall–Kier alpha value is -1.40. The zero-order chi connectivity index (χ0) is 13.5. The zero-order valence-electron chi connectivity index (χ0n) is 9.73. The van der Waals surface area contributed by atoms with Gasteiger partial charge in [-0.25, -0.2) is 0 Å². The van der Waals surface area contributed by atoms with Gasteiger partial charge in [0.2, 0.25) is 5.91 Å². The molecule has 0 aliphatic heterocycles. The van der Waals surface area contributed by atoms with Crippen molar-refractivity contribution in [1.82, 2.24) is 0 Å². The molecule has 1 aromatic rings. The lowest BCUT2D eigenvalue weighted by atomic mass is 10.3. The minimum Gasteiger partial charge on any atom is -0.468 e. The molecule has 18 heavy (non-hydrogen) atoms. The third kappa shape index (κ3) is 4.85. The highest BCUT2D eigenvalue weighted by atomic mass is 35.5. The largest absolute Gasteiger partial charge is 0.468 e. The summed E-state index contributed by atoms with van der Waals surface area (Å²) in [4.78, 5) is 22.3. The molecule has 0 aliphatic rings. The Kier molecular flexibility index (Phi) is 5.80. The van der Waals surface area contributed by atoms with Gasteiger partial charge in [0.1, 0.15) is 0 Å². The number of nitrogens with one attached hydrogen (secondary N) is 1. The van der Waals surface area contributed by atoms with Gasteiger partial charge in [0.15, 0.2) is 0 Å². The summed E-state index contributed by atoms with van der Waals surface area (Å²) in [6, 6.07) is 4.83. The second-order valence-electron chi connectivity index (χ2n) is 3.35. The maximum Gasteiger partial charge on any atom is 0.315 e. The first-order valence-electron chi connectivity index (χ1n) is 5.02. The molecular formula is C11H13ClN2O3S. The summed E-state index contributed by atoms with van der Waals surface area (Å²) in [5, 5.41) is 3.09. The van der Waals surface area contributed by atoms with Crippen LogP contribution in [-0.4, -0.2) is 30.5 Å². The van der Waals surface area contributed by atoms with Crippen LogP contribution in [0.3, 0.4) is 0 Å². The highest BCUT2D eigenvalue weighted by Gasteiger charge is 2.06. The van der Waals surface area contributed by atoms with Crippen LogP contribution in [0.25, 0.3) is 0 Å². The quantitative estimate of drug-likeness (QED) is 0.637. The molecule has 0 saturated heterocycles. The summed E-state index contributed by atoms with van der Waals surface area (Å²) in [6.07, 6.45) is 0. The zero-order valence-corrected chi connectivity index (χ0v) is 11.3. The molecule has 0 heterocycles. The predicted molar refractivity (Wildman–Crippen MR) is 73.8 cm³/mol. The Labute approximate surface area is 114 Å². The van der Waals surface area contributed by atoms with E-state index in [0.717, 1.165) is 0 Å². The second-order valence-corrected chi connectivity index (χ2v) is 4.75. The van der Waals surface area contributed by atoms with Gasteiger partial charge < -0.3 is 15.8 Å². The van der Waals surface area contributed by atoms with E-state index >= 15 is 0 Å². The summed E-state index contributed by atoms with van der Waals surface area (Å²) in [7, 11) is 1.31. The van der Waals surface area contributed by atoms with Crippen molar-refractivity contribution in [3.05, 3.63) is 23.2 Å². The van der Waals surface area contributed by atoms with Gasteiger partial charge >= 0.3 is 5.97 Å². The van der Waals surface area contributed by atoms with Gasteiger partial charge in [0, 0.05) is 5.69 Å². The summed E-state index contributed by atoms with van der Waals surface area (Å²) < 4.78 is 4.46. The number of benzene rings is 1. The molecule has 7 heteroatoms. The Bertz CT molecular complexity index is 454. The lowest BCUT2D eigenvalue weighted by molar-refractivity contribution is -0.137. The molecule has 1 amide bonds. The van der Waals surface area contributed by atoms with Crippen LogP contribution in [0, 0.1) is 0 Å². The van der Waals surface area contributed by atoms with E-state index in [9.17, 15) is 9.59 Å². The summed E-state index contributed by atoms with van der Waals surface area (Å²) in [5.74, 6) is -0.265. The van der Waals surface area contributed by atoms with Crippen LogP contribution >= 0.6 is 23.4 Å². The Balaban J connectivity index is 2.40. The Morgan fingerprint density at radius 1 is 1.44 bits per heavy atom. The molecule has 0 saturated carbocycles. The average Bonchev–Trinajstić information content (AvgIpc) is 2.33. The summed E-state index contributed by atoms with van der Waals surface area (Å²) in [6.45, 7) is 0. The third-order valence-corrected chi connectivity index (χ3v) is 3.21. The van der Waals surface area contributed by atoms with Gasteiger partial charge in [0.25, 0.3) is 0 Å². The minimum atomic E-state index is -0.358. The van der Waals surface area contributed by atoms with E-state index in [2.05, 4.69) is 10.1 Å².